The van der Waals surface area contributed by atoms with Crippen LogP contribution in [0.4, 0.5) is 0 Å². The highest BCUT2D eigenvalue weighted by Gasteiger charge is 2.04. The largest absolute Gasteiger partial charge is 0.377 e. The number of nitrogens with zero attached hydrogens (tertiary/aromatic N) is 5. The Balaban J connectivity index is 0.000000138. The average Bonchev–Trinajstić information content (AvgIpc) is 3.19. The number of benzene rings is 2. The summed E-state index contributed by atoms with van der Waals surface area (Å²) in [7, 11) is -2.37. The highest BCUT2D eigenvalue weighted by Crippen LogP contribution is 2.07. The minimum Gasteiger partial charge on any atom is -0.256 e. The summed E-state index contributed by atoms with van der Waals surface area (Å²) in [5, 5.41) is 10.4. The van der Waals surface area contributed by atoms with Crippen molar-refractivity contribution in [3.05, 3.63) is 78.5 Å². The Hall–Kier alpha value is -3.26. The lowest BCUT2D eigenvalue weighted by Crippen LogP contribution is -1.92. The van der Waals surface area contributed by atoms with Crippen LogP contribution in [0.25, 0.3) is 10.9 Å². The third-order valence-electron chi connectivity index (χ3n) is 2.94. The Morgan fingerprint density at radius 3 is 2.08 bits per heavy atom. The number of aryl methyl sites for hydroxylation is 1. The molecule has 0 radical (unpaired) electrons. The highest BCUT2D eigenvalue weighted by molar-refractivity contribution is 7.59. The lowest BCUT2D eigenvalue weighted by Gasteiger charge is -1.91. The first kappa shape index (κ1) is 18.1. The molecule has 1 aliphatic rings. The van der Waals surface area contributed by atoms with E-state index in [0.717, 1.165) is 11.9 Å². The minimum atomic E-state index is -2.37. The number of fused-ring (bicyclic) bond motifs is 1. The monoisotopic (exact) mass is 354 g/mol. The number of hydrogen-bond donors (Lipinski definition) is 0. The van der Waals surface area contributed by atoms with Crippen LogP contribution in [0.3, 0.4) is 0 Å². The zero-order chi connectivity index (χ0) is 17.9. The van der Waals surface area contributed by atoms with E-state index in [1.54, 1.807) is 0 Å². The second-order valence-corrected chi connectivity index (χ2v) is 5.59. The van der Waals surface area contributed by atoms with Crippen molar-refractivity contribution in [3.8, 4) is 0 Å². The van der Waals surface area contributed by atoms with E-state index in [2.05, 4.69) is 51.7 Å². The third kappa shape index (κ3) is 6.40. The van der Waals surface area contributed by atoms with E-state index in [0.29, 0.717) is 4.05 Å². The molecule has 7 nitrogen and oxygen atoms in total. The molecule has 1 aliphatic heterocycles. The van der Waals surface area contributed by atoms with Crippen LogP contribution in [0.15, 0.2) is 88.5 Å². The van der Waals surface area contributed by atoms with Crippen molar-refractivity contribution in [1.82, 2.24) is 4.98 Å². The fourth-order valence-corrected chi connectivity index (χ4v) is 1.98. The summed E-state index contributed by atoms with van der Waals surface area (Å²) in [6.07, 6.45) is 2.80. The van der Waals surface area contributed by atoms with Gasteiger partial charge in [0.15, 0.2) is 0 Å². The van der Waals surface area contributed by atoms with Crippen molar-refractivity contribution in [1.29, 1.82) is 0 Å². The summed E-state index contributed by atoms with van der Waals surface area (Å²) >= 11 is 0. The lowest BCUT2D eigenvalue weighted by molar-refractivity contribution is -0.378. The first-order chi connectivity index (χ1) is 12.2. The van der Waals surface area contributed by atoms with Gasteiger partial charge in [-0.05, 0) is 19.1 Å². The molecule has 0 atom stereocenters. The summed E-state index contributed by atoms with van der Waals surface area (Å²) in [5.41, 5.74) is 2.38. The van der Waals surface area contributed by atoms with Crippen LogP contribution in [0.5, 0.6) is 0 Å². The molecule has 0 amide bonds. The van der Waals surface area contributed by atoms with E-state index in [1.165, 1.54) is 10.9 Å². The van der Waals surface area contributed by atoms with E-state index in [1.807, 2.05) is 48.7 Å². The van der Waals surface area contributed by atoms with E-state index in [-0.39, 0.29) is 0 Å². The number of para-hydroxylation sites is 1. The van der Waals surface area contributed by atoms with Crippen LogP contribution in [-0.4, -0.2) is 23.8 Å². The number of pyridine rings is 1. The zero-order valence-corrected chi connectivity index (χ0v) is 14.3. The van der Waals surface area contributed by atoms with Gasteiger partial charge < -0.3 is 0 Å². The average molecular weight is 354 g/mol. The van der Waals surface area contributed by atoms with Gasteiger partial charge in [0.1, 0.15) is 10.3 Å². The molecule has 0 N–H and O–H groups in total. The van der Waals surface area contributed by atoms with Crippen LogP contribution < -0.4 is 0 Å². The molecule has 2 aromatic carbocycles. The summed E-state index contributed by atoms with van der Waals surface area (Å²) in [5.74, 6) is 0. The smallest absolute Gasteiger partial charge is 0.256 e. The van der Waals surface area contributed by atoms with Crippen molar-refractivity contribution in [2.75, 3.05) is 0 Å². The molecule has 0 fully saturated rings. The molecule has 4 rings (SSSR count). The van der Waals surface area contributed by atoms with Gasteiger partial charge in [-0.1, -0.05) is 60.2 Å². The maximum atomic E-state index is 9.88. The van der Waals surface area contributed by atoms with Crippen LogP contribution in [0.2, 0.25) is 0 Å². The van der Waals surface area contributed by atoms with Gasteiger partial charge in [-0.3, -0.25) is 4.98 Å². The quantitative estimate of drug-likeness (QED) is 0.578. The summed E-state index contributed by atoms with van der Waals surface area (Å²) in [6, 6.07) is 22.3. The topological polar surface area (TPSA) is 87.1 Å². The molecule has 0 bridgehead atoms. The van der Waals surface area contributed by atoms with Gasteiger partial charge in [-0.15, -0.1) is 8.42 Å². The number of rotatable bonds is 0. The van der Waals surface area contributed by atoms with Crippen molar-refractivity contribution in [3.63, 3.8) is 0 Å². The molecule has 3 aromatic rings. The molecule has 0 saturated heterocycles. The minimum absolute atomic E-state index is 0.611. The molecule has 0 spiro atoms. The van der Waals surface area contributed by atoms with Crippen molar-refractivity contribution < 1.29 is 12.5 Å². The van der Waals surface area contributed by atoms with Crippen LogP contribution in [0.1, 0.15) is 5.56 Å². The fourth-order valence-electron chi connectivity index (χ4n) is 1.77. The normalized spacial score (nSPS) is 11.3. The van der Waals surface area contributed by atoms with Gasteiger partial charge >= 0.3 is 16.8 Å². The molecule has 0 unspecified atom stereocenters. The summed E-state index contributed by atoms with van der Waals surface area (Å²) in [4.78, 5) is 4.18. The molecule has 25 heavy (non-hydrogen) atoms. The Bertz CT molecular complexity index is 928. The standard InChI is InChI=1S/C9H7N.C7H8.CHN4O2S/c1-2-6-9-8(4-1)5-3-7-10-9;1-7-5-3-2-4-6-7;6-8(7)5-1-2-3-4-5/h1-7H;2-6H,1H3;1H/q;;+1. The van der Waals surface area contributed by atoms with Gasteiger partial charge in [0.05, 0.1) is 5.52 Å². The van der Waals surface area contributed by atoms with Crippen LogP contribution in [0, 0.1) is 6.92 Å². The molecule has 0 saturated carbocycles. The Morgan fingerprint density at radius 2 is 1.56 bits per heavy atom. The van der Waals surface area contributed by atoms with E-state index < -0.39 is 10.5 Å². The Morgan fingerprint density at radius 1 is 0.880 bits per heavy atom. The molecule has 0 aliphatic carbocycles. The van der Waals surface area contributed by atoms with Gasteiger partial charge in [0, 0.05) is 15.6 Å². The first-order valence-electron chi connectivity index (χ1n) is 7.31. The maximum absolute atomic E-state index is 9.88. The predicted octanol–water partition coefficient (Wildman–Crippen LogP) is 3.62. The van der Waals surface area contributed by atoms with Gasteiger partial charge in [-0.2, -0.15) is 0 Å². The van der Waals surface area contributed by atoms with Crippen molar-refractivity contribution in [2.24, 2.45) is 15.5 Å². The zero-order valence-electron chi connectivity index (χ0n) is 13.5. The van der Waals surface area contributed by atoms with Crippen molar-refractivity contribution in [2.45, 2.75) is 6.92 Å². The second-order valence-electron chi connectivity index (χ2n) is 4.78. The van der Waals surface area contributed by atoms with E-state index in [9.17, 15) is 8.42 Å². The fraction of sp³-hybridized carbons (Fsp3) is 0.0588. The van der Waals surface area contributed by atoms with E-state index in [4.69, 9.17) is 0 Å². The predicted molar refractivity (Wildman–Crippen MR) is 95.5 cm³/mol. The van der Waals surface area contributed by atoms with Crippen LogP contribution in [-0.2, 0) is 10.5 Å². The van der Waals surface area contributed by atoms with Gasteiger partial charge in [0.2, 0.25) is 5.22 Å². The van der Waals surface area contributed by atoms with E-state index >= 15 is 0 Å². The first-order valence-corrected chi connectivity index (χ1v) is 8.34. The molecule has 1 aromatic heterocycles. The summed E-state index contributed by atoms with van der Waals surface area (Å²) in [6.45, 7) is 2.08. The maximum Gasteiger partial charge on any atom is 0.377 e. The lowest BCUT2D eigenvalue weighted by atomic mass is 10.2. The van der Waals surface area contributed by atoms with Crippen LogP contribution >= 0.6 is 0 Å². The third-order valence-corrected chi connectivity index (χ3v) is 3.41. The Kier molecular flexibility index (Phi) is 7.08. The van der Waals surface area contributed by atoms with Gasteiger partial charge in [0.25, 0.3) is 0 Å². The molecule has 126 valence electrons. The molecular weight excluding hydrogens is 338 g/mol. The van der Waals surface area contributed by atoms with Gasteiger partial charge in [-0.25, -0.2) is 0 Å². The van der Waals surface area contributed by atoms with Crippen molar-refractivity contribution >= 4 is 27.7 Å². The highest BCUT2D eigenvalue weighted by atomic mass is 32.2. The number of aromatic nitrogens is 1. The molecular formula is C17H16N5O2S+. The molecule has 2 heterocycles. The Labute approximate surface area is 146 Å². The number of hydrogen-bond acceptors (Lipinski definition) is 5. The molecule has 8 heteroatoms. The second kappa shape index (κ2) is 9.78. The SMILES string of the molecule is Cc1ccccc1.O=S(=O)=[N+]1C=NN=N1.c1ccc2ncccc2c1. The summed E-state index contributed by atoms with van der Waals surface area (Å²) < 4.78 is 20.4.